The van der Waals surface area contributed by atoms with Crippen LogP contribution in [0.25, 0.3) is 0 Å². The molecule has 1 saturated heterocycles. The Balaban J connectivity index is 1.59. The van der Waals surface area contributed by atoms with Crippen molar-refractivity contribution in [1.82, 2.24) is 0 Å². The van der Waals surface area contributed by atoms with Gasteiger partial charge in [0.2, 0.25) is 6.29 Å². The van der Waals surface area contributed by atoms with Crippen molar-refractivity contribution in [1.29, 1.82) is 0 Å². The van der Waals surface area contributed by atoms with Crippen molar-refractivity contribution in [3.8, 4) is 23.0 Å². The Kier molecular flexibility index (Phi) is 13.0. The molecule has 1 fully saturated rings. The summed E-state index contributed by atoms with van der Waals surface area (Å²) in [7, 11) is 2.39. The maximum Gasteiger partial charge on any atom is 0.338 e. The van der Waals surface area contributed by atoms with Gasteiger partial charge in [-0.25, -0.2) is 9.59 Å². The average Bonchev–Trinajstić information content (AvgIpc) is 3.10. The number of esters is 3. The first-order chi connectivity index (χ1) is 23.9. The van der Waals surface area contributed by atoms with E-state index in [1.54, 1.807) is 0 Å². The largest absolute Gasteiger partial charge is 0.504 e. The summed E-state index contributed by atoms with van der Waals surface area (Å²) in [6.45, 7) is -1.39. The van der Waals surface area contributed by atoms with Crippen molar-refractivity contribution in [2.75, 3.05) is 34.0 Å². The fraction of sp³-hybridized carbons (Fsp3) is 0.424. The molecule has 0 aromatic heterocycles. The van der Waals surface area contributed by atoms with Gasteiger partial charge in [0.25, 0.3) is 0 Å². The van der Waals surface area contributed by atoms with E-state index in [0.717, 1.165) is 13.4 Å². The summed E-state index contributed by atoms with van der Waals surface area (Å²) in [6, 6.07) is 7.87. The van der Waals surface area contributed by atoms with Crippen LogP contribution < -0.4 is 4.74 Å². The number of aliphatic hydroxyl groups is 4. The van der Waals surface area contributed by atoms with Crippen LogP contribution in [0.5, 0.6) is 23.0 Å². The number of rotatable bonds is 13. The Morgan fingerprint density at radius 3 is 2.30 bits per heavy atom. The van der Waals surface area contributed by atoms with Crippen LogP contribution in [0.1, 0.15) is 22.3 Å². The number of aromatic hydroxyl groups is 3. The second-order valence-corrected chi connectivity index (χ2v) is 11.1. The molecule has 0 unspecified atom stereocenters. The number of carbonyl (C=O) groups excluding carboxylic acids is 3. The number of aliphatic hydroxyl groups excluding tert-OH is 4. The van der Waals surface area contributed by atoms with Crippen LogP contribution in [-0.4, -0.2) is 125 Å². The number of methoxy groups -OCH3 is 2. The zero-order valence-corrected chi connectivity index (χ0v) is 26.9. The van der Waals surface area contributed by atoms with Gasteiger partial charge < -0.3 is 68.9 Å². The molecule has 2 aliphatic heterocycles. The van der Waals surface area contributed by atoms with Crippen LogP contribution in [0.2, 0.25) is 0 Å². The highest BCUT2D eigenvalue weighted by atomic mass is 16.8. The van der Waals surface area contributed by atoms with Crippen molar-refractivity contribution >= 4 is 17.9 Å². The first-order valence-electron chi connectivity index (χ1n) is 15.2. The smallest absolute Gasteiger partial charge is 0.338 e. The van der Waals surface area contributed by atoms with Gasteiger partial charge in [-0.2, -0.15) is 0 Å². The lowest BCUT2D eigenvalue weighted by Crippen LogP contribution is -2.60. The molecule has 0 radical (unpaired) electrons. The minimum atomic E-state index is -1.84. The zero-order chi connectivity index (χ0) is 36.5. The highest BCUT2D eigenvalue weighted by Crippen LogP contribution is 2.36. The normalized spacial score (nSPS) is 25.6. The molecule has 0 aliphatic carbocycles. The van der Waals surface area contributed by atoms with Crippen LogP contribution in [0.4, 0.5) is 0 Å². The van der Waals surface area contributed by atoms with Crippen molar-refractivity contribution in [2.24, 2.45) is 5.92 Å². The van der Waals surface area contributed by atoms with Crippen LogP contribution in [0.15, 0.2) is 59.9 Å². The topological polar surface area (TPSA) is 257 Å². The molecule has 17 heteroatoms. The molecular formula is C33H38O17. The summed E-state index contributed by atoms with van der Waals surface area (Å²) in [5, 5.41) is 69.7. The van der Waals surface area contributed by atoms with Gasteiger partial charge in [0, 0.05) is 17.9 Å². The summed E-state index contributed by atoms with van der Waals surface area (Å²) in [6.07, 6.45) is -8.02. The summed E-state index contributed by atoms with van der Waals surface area (Å²) in [5.74, 6) is -4.60. The maximum absolute atomic E-state index is 13.1. The predicted molar refractivity (Wildman–Crippen MR) is 165 cm³/mol. The van der Waals surface area contributed by atoms with Crippen LogP contribution in [0.3, 0.4) is 0 Å². The van der Waals surface area contributed by atoms with Gasteiger partial charge in [0.15, 0.2) is 29.3 Å². The average molecular weight is 707 g/mol. The Hall–Kier alpha value is -4.91. The third-order valence-electron chi connectivity index (χ3n) is 7.91. The lowest BCUT2D eigenvalue weighted by Gasteiger charge is -2.42. The quantitative estimate of drug-likeness (QED) is 0.0622. The molecule has 7 N–H and O–H groups in total. The maximum atomic E-state index is 13.1. The summed E-state index contributed by atoms with van der Waals surface area (Å²) in [5.41, 5.74) is 0.406. The van der Waals surface area contributed by atoms with Crippen molar-refractivity contribution < 1.29 is 83.3 Å². The van der Waals surface area contributed by atoms with E-state index in [2.05, 4.69) is 0 Å². The van der Waals surface area contributed by atoms with E-state index in [1.807, 2.05) is 0 Å². The lowest BCUT2D eigenvalue weighted by atomic mass is 9.86. The van der Waals surface area contributed by atoms with E-state index in [-0.39, 0.29) is 52.7 Å². The molecule has 272 valence electrons. The van der Waals surface area contributed by atoms with E-state index in [9.17, 15) is 50.1 Å². The minimum Gasteiger partial charge on any atom is -0.504 e. The van der Waals surface area contributed by atoms with E-state index >= 15 is 0 Å². The highest BCUT2D eigenvalue weighted by Gasteiger charge is 2.47. The van der Waals surface area contributed by atoms with Gasteiger partial charge >= 0.3 is 17.9 Å². The van der Waals surface area contributed by atoms with Crippen molar-refractivity contribution in [2.45, 2.75) is 49.8 Å². The van der Waals surface area contributed by atoms with Crippen LogP contribution in [-0.2, 0) is 44.4 Å². The van der Waals surface area contributed by atoms with E-state index in [4.69, 9.17) is 33.2 Å². The number of hydrogen-bond donors (Lipinski definition) is 7. The van der Waals surface area contributed by atoms with Gasteiger partial charge in [0.1, 0.15) is 31.0 Å². The zero-order valence-electron chi connectivity index (χ0n) is 26.9. The number of ether oxygens (including phenoxy) is 7. The third-order valence-corrected chi connectivity index (χ3v) is 7.91. The number of phenolic OH excluding ortho intramolecular Hbond substituents is 3. The fourth-order valence-corrected chi connectivity index (χ4v) is 5.16. The Morgan fingerprint density at radius 1 is 0.880 bits per heavy atom. The Bertz CT molecular complexity index is 1580. The van der Waals surface area contributed by atoms with E-state index < -0.39 is 80.5 Å². The molecule has 50 heavy (non-hydrogen) atoms. The summed E-state index contributed by atoms with van der Waals surface area (Å²) in [4.78, 5) is 38.8. The molecule has 4 rings (SSSR count). The number of carbonyl (C=O) groups is 3. The summed E-state index contributed by atoms with van der Waals surface area (Å²) >= 11 is 0. The molecule has 17 nitrogen and oxygen atoms in total. The second-order valence-electron chi connectivity index (χ2n) is 11.1. The molecule has 0 spiro atoms. The first-order valence-corrected chi connectivity index (χ1v) is 15.2. The summed E-state index contributed by atoms with van der Waals surface area (Å²) < 4.78 is 37.5. The molecule has 7 atom stereocenters. The van der Waals surface area contributed by atoms with Gasteiger partial charge in [-0.15, -0.1) is 0 Å². The van der Waals surface area contributed by atoms with Gasteiger partial charge in [-0.3, -0.25) is 4.79 Å². The van der Waals surface area contributed by atoms with E-state index in [1.165, 1.54) is 49.6 Å². The molecule has 2 aliphatic rings. The van der Waals surface area contributed by atoms with Gasteiger partial charge in [-0.05, 0) is 42.0 Å². The predicted octanol–water partition coefficient (Wildman–Crippen LogP) is -0.0829. The number of hydrogen-bond acceptors (Lipinski definition) is 17. The van der Waals surface area contributed by atoms with Crippen molar-refractivity contribution in [3.63, 3.8) is 0 Å². The van der Waals surface area contributed by atoms with Crippen LogP contribution in [0, 0.1) is 5.92 Å². The number of benzene rings is 2. The second kappa shape index (κ2) is 17.1. The molecule has 2 aromatic carbocycles. The molecule has 2 heterocycles. The standard InChI is InChI=1S/C33H38O17/c1-44-24-12-17(4-6-22(24)36)30(42)47-10-8-18-19(13-26(38)46-9-7-16-3-5-21(35)23(37)11-16)20(31(43)45-2)15-48-32(18)50-33-29(41)28(40)27(39)25(14-34)49-33/h3-6,8,11-12,15,19,25,27-29,32-37,39-41H,7,9-10,13-14H2,1-2H3/b18-8+/t19-,25+,27+,28-,29+,32-,33-/m0/s1. The van der Waals surface area contributed by atoms with Gasteiger partial charge in [0.05, 0.1) is 51.3 Å². The molecule has 2 aromatic rings. The highest BCUT2D eigenvalue weighted by molar-refractivity contribution is 5.91. The fourth-order valence-electron chi connectivity index (χ4n) is 5.16. The Morgan fingerprint density at radius 2 is 1.62 bits per heavy atom. The molecule has 0 saturated carbocycles. The SMILES string of the molecule is COC(=O)C1=CO[C@@H](O[C@@H]2O[C@H](CO)[C@@H](O)[C@H](O)[C@H]2O)/C(=C/COC(=O)c2ccc(O)c(OC)c2)[C@@H]1CC(=O)OCCc1ccc(O)c(O)c1. The molecular weight excluding hydrogens is 668 g/mol. The van der Waals surface area contributed by atoms with Crippen LogP contribution >= 0.6 is 0 Å². The minimum absolute atomic E-state index is 0.00125. The third kappa shape index (κ3) is 9.00. The lowest BCUT2D eigenvalue weighted by molar-refractivity contribution is -0.327. The van der Waals surface area contributed by atoms with Gasteiger partial charge in [-0.1, -0.05) is 6.07 Å². The number of phenols is 3. The Labute approximate surface area is 285 Å². The van der Waals surface area contributed by atoms with Crippen molar-refractivity contribution in [3.05, 3.63) is 71.0 Å². The van der Waals surface area contributed by atoms with E-state index in [0.29, 0.717) is 5.56 Å². The monoisotopic (exact) mass is 706 g/mol. The first kappa shape index (κ1) is 37.9. The molecule has 0 amide bonds. The molecule has 0 bridgehead atoms.